The lowest BCUT2D eigenvalue weighted by atomic mass is 10.2. The largest absolute Gasteiger partial charge is 0.496 e. The lowest BCUT2D eigenvalue weighted by Crippen LogP contribution is -2.34. The van der Waals surface area contributed by atoms with Crippen LogP contribution < -0.4 is 4.74 Å². The van der Waals surface area contributed by atoms with Crippen molar-refractivity contribution in [3.63, 3.8) is 0 Å². The van der Waals surface area contributed by atoms with Gasteiger partial charge in [-0.25, -0.2) is 8.42 Å². The monoisotopic (exact) mass is 331 g/mol. The van der Waals surface area contributed by atoms with E-state index in [1.165, 1.54) is 0 Å². The second-order valence-corrected chi connectivity index (χ2v) is 7.47. The van der Waals surface area contributed by atoms with Crippen LogP contribution in [-0.4, -0.2) is 32.4 Å². The minimum atomic E-state index is -3.45. The molecular weight excluding hydrogens is 310 g/mol. The number of benzene rings is 1. The summed E-state index contributed by atoms with van der Waals surface area (Å²) in [5.74, 6) is 0.848. The molecule has 0 unspecified atom stereocenters. The standard InChI is InChI=1S/C15H22ClNO3S/c1-3-4-9-17(13-5-6-13)21(18,19)14-7-8-15(20-2)12(10-14)11-16/h7-8,10,13H,3-6,9,11H2,1-2H3. The SMILES string of the molecule is CCCCN(C1CC1)S(=O)(=O)c1ccc(OC)c(CCl)c1. The predicted molar refractivity (Wildman–Crippen MR) is 84.4 cm³/mol. The van der Waals surface area contributed by atoms with Crippen LogP contribution in [-0.2, 0) is 15.9 Å². The minimum Gasteiger partial charge on any atom is -0.496 e. The lowest BCUT2D eigenvalue weighted by Gasteiger charge is -2.22. The Kier molecular flexibility index (Phi) is 5.52. The Morgan fingerprint density at radius 2 is 2.10 bits per heavy atom. The van der Waals surface area contributed by atoms with Crippen molar-refractivity contribution >= 4 is 21.6 Å². The summed E-state index contributed by atoms with van der Waals surface area (Å²) in [6.07, 6.45) is 3.78. The van der Waals surface area contributed by atoms with E-state index in [-0.39, 0.29) is 11.9 Å². The topological polar surface area (TPSA) is 46.6 Å². The summed E-state index contributed by atoms with van der Waals surface area (Å²) in [5, 5.41) is 0. The van der Waals surface area contributed by atoms with Crippen LogP contribution in [0.4, 0.5) is 0 Å². The van der Waals surface area contributed by atoms with Gasteiger partial charge in [-0.15, -0.1) is 11.6 Å². The van der Waals surface area contributed by atoms with E-state index in [1.807, 2.05) is 0 Å². The Morgan fingerprint density at radius 1 is 1.38 bits per heavy atom. The molecule has 118 valence electrons. The molecule has 2 rings (SSSR count). The fraction of sp³-hybridized carbons (Fsp3) is 0.600. The summed E-state index contributed by atoms with van der Waals surface area (Å²) in [4.78, 5) is 0.307. The van der Waals surface area contributed by atoms with Crippen molar-refractivity contribution in [3.05, 3.63) is 23.8 Å². The summed E-state index contributed by atoms with van der Waals surface area (Å²) in [6, 6.07) is 5.08. The van der Waals surface area contributed by atoms with Crippen LogP contribution in [0.2, 0.25) is 0 Å². The Balaban J connectivity index is 2.32. The maximum Gasteiger partial charge on any atom is 0.243 e. The Morgan fingerprint density at radius 3 is 2.62 bits per heavy atom. The second-order valence-electron chi connectivity index (χ2n) is 5.31. The van der Waals surface area contributed by atoms with E-state index >= 15 is 0 Å². The molecule has 0 bridgehead atoms. The van der Waals surface area contributed by atoms with Gasteiger partial charge in [0.05, 0.1) is 17.9 Å². The fourth-order valence-corrected chi connectivity index (χ4v) is 4.31. The Bertz CT molecular complexity index is 585. The van der Waals surface area contributed by atoms with Gasteiger partial charge in [0.15, 0.2) is 0 Å². The number of unbranched alkanes of at least 4 members (excludes halogenated alkanes) is 1. The van der Waals surface area contributed by atoms with Gasteiger partial charge in [-0.3, -0.25) is 0 Å². The molecule has 0 N–H and O–H groups in total. The van der Waals surface area contributed by atoms with Crippen LogP contribution in [0.5, 0.6) is 5.75 Å². The molecule has 0 aliphatic heterocycles. The van der Waals surface area contributed by atoms with E-state index in [0.717, 1.165) is 25.7 Å². The highest BCUT2D eigenvalue weighted by Gasteiger charge is 2.37. The van der Waals surface area contributed by atoms with Crippen LogP contribution in [0.15, 0.2) is 23.1 Å². The van der Waals surface area contributed by atoms with Crippen molar-refractivity contribution in [2.75, 3.05) is 13.7 Å². The highest BCUT2D eigenvalue weighted by Crippen LogP contribution is 2.33. The normalized spacial score (nSPS) is 15.4. The molecule has 1 aromatic rings. The van der Waals surface area contributed by atoms with Crippen molar-refractivity contribution in [3.8, 4) is 5.75 Å². The third kappa shape index (κ3) is 3.71. The molecule has 0 radical (unpaired) electrons. The number of nitrogens with zero attached hydrogens (tertiary/aromatic N) is 1. The average Bonchev–Trinajstić information content (AvgIpc) is 3.31. The number of hydrogen-bond acceptors (Lipinski definition) is 3. The predicted octanol–water partition coefficient (Wildman–Crippen LogP) is 3.39. The van der Waals surface area contributed by atoms with Gasteiger partial charge >= 0.3 is 0 Å². The molecule has 0 spiro atoms. The first kappa shape index (κ1) is 16.6. The molecule has 1 aromatic carbocycles. The summed E-state index contributed by atoms with van der Waals surface area (Å²) in [6.45, 7) is 2.66. The van der Waals surface area contributed by atoms with Crippen LogP contribution in [0.3, 0.4) is 0 Å². The minimum absolute atomic E-state index is 0.170. The average molecular weight is 332 g/mol. The van der Waals surface area contributed by atoms with Crippen molar-refractivity contribution in [2.45, 2.75) is 49.4 Å². The first-order valence-electron chi connectivity index (χ1n) is 7.29. The molecular formula is C15H22ClNO3S. The molecule has 0 saturated heterocycles. The number of hydrogen-bond donors (Lipinski definition) is 0. The number of ether oxygens (including phenoxy) is 1. The van der Waals surface area contributed by atoms with Gasteiger partial charge in [0, 0.05) is 18.2 Å². The molecule has 21 heavy (non-hydrogen) atoms. The van der Waals surface area contributed by atoms with E-state index in [2.05, 4.69) is 6.92 Å². The van der Waals surface area contributed by atoms with Gasteiger partial charge in [0.25, 0.3) is 0 Å². The van der Waals surface area contributed by atoms with Gasteiger partial charge in [-0.2, -0.15) is 4.31 Å². The summed E-state index contributed by atoms with van der Waals surface area (Å²) < 4.78 is 32.5. The summed E-state index contributed by atoms with van der Waals surface area (Å²) in [5.41, 5.74) is 0.700. The van der Waals surface area contributed by atoms with Crippen LogP contribution in [0.1, 0.15) is 38.2 Å². The maximum atomic E-state index is 12.8. The smallest absolute Gasteiger partial charge is 0.243 e. The summed E-state index contributed by atoms with van der Waals surface area (Å²) >= 11 is 5.88. The van der Waals surface area contributed by atoms with E-state index in [9.17, 15) is 8.42 Å². The van der Waals surface area contributed by atoms with Crippen LogP contribution in [0, 0.1) is 0 Å². The van der Waals surface area contributed by atoms with Gasteiger partial charge < -0.3 is 4.74 Å². The highest BCUT2D eigenvalue weighted by molar-refractivity contribution is 7.89. The molecule has 0 amide bonds. The molecule has 1 aliphatic carbocycles. The number of sulfonamides is 1. The molecule has 6 heteroatoms. The number of rotatable bonds is 8. The van der Waals surface area contributed by atoms with E-state index in [0.29, 0.717) is 22.8 Å². The zero-order chi connectivity index (χ0) is 15.5. The molecule has 0 heterocycles. The highest BCUT2D eigenvalue weighted by atomic mass is 35.5. The molecule has 1 saturated carbocycles. The van der Waals surface area contributed by atoms with Crippen molar-refractivity contribution in [1.82, 2.24) is 4.31 Å². The molecule has 0 atom stereocenters. The Hall–Kier alpha value is -0.780. The molecule has 0 aromatic heterocycles. The van der Waals surface area contributed by atoms with E-state index in [1.54, 1.807) is 29.6 Å². The van der Waals surface area contributed by atoms with Crippen molar-refractivity contribution in [1.29, 1.82) is 0 Å². The van der Waals surface area contributed by atoms with Crippen LogP contribution >= 0.6 is 11.6 Å². The number of halogens is 1. The molecule has 1 fully saturated rings. The lowest BCUT2D eigenvalue weighted by molar-refractivity contribution is 0.395. The number of methoxy groups -OCH3 is 1. The number of alkyl halides is 1. The van der Waals surface area contributed by atoms with E-state index < -0.39 is 10.0 Å². The van der Waals surface area contributed by atoms with Crippen molar-refractivity contribution < 1.29 is 13.2 Å². The van der Waals surface area contributed by atoms with Gasteiger partial charge in [0.2, 0.25) is 10.0 Å². The van der Waals surface area contributed by atoms with Crippen molar-refractivity contribution in [2.24, 2.45) is 0 Å². The van der Waals surface area contributed by atoms with E-state index in [4.69, 9.17) is 16.3 Å². The second kappa shape index (κ2) is 6.99. The fourth-order valence-electron chi connectivity index (χ4n) is 2.33. The van der Waals surface area contributed by atoms with Crippen LogP contribution in [0.25, 0.3) is 0 Å². The zero-order valence-corrected chi connectivity index (χ0v) is 14.1. The van der Waals surface area contributed by atoms with Gasteiger partial charge in [-0.1, -0.05) is 13.3 Å². The first-order chi connectivity index (χ1) is 10.0. The third-order valence-electron chi connectivity index (χ3n) is 3.69. The first-order valence-corrected chi connectivity index (χ1v) is 9.26. The maximum absolute atomic E-state index is 12.8. The molecule has 4 nitrogen and oxygen atoms in total. The van der Waals surface area contributed by atoms with Gasteiger partial charge in [0.1, 0.15) is 5.75 Å². The molecule has 1 aliphatic rings. The third-order valence-corrected chi connectivity index (χ3v) is 5.92. The quantitative estimate of drug-likeness (QED) is 0.686. The zero-order valence-electron chi connectivity index (χ0n) is 12.5. The summed E-state index contributed by atoms with van der Waals surface area (Å²) in [7, 11) is -1.90. The van der Waals surface area contributed by atoms with Gasteiger partial charge in [-0.05, 0) is 37.5 Å². The Labute approximate surface area is 132 Å².